The number of anilines is 1. The molecule has 2 heterocycles. The number of esters is 1. The van der Waals surface area contributed by atoms with Gasteiger partial charge < -0.3 is 4.74 Å². The number of hydrogen-bond acceptors (Lipinski definition) is 6. The average Bonchev–Trinajstić information content (AvgIpc) is 3.46. The minimum absolute atomic E-state index is 0.0332. The monoisotopic (exact) mass is 481 g/mol. The minimum atomic E-state index is -0.423. The fourth-order valence-corrected chi connectivity index (χ4v) is 4.45. The van der Waals surface area contributed by atoms with Crippen LogP contribution in [0.1, 0.15) is 38.5 Å². The highest BCUT2D eigenvalue weighted by atomic mass is 16.5. The van der Waals surface area contributed by atoms with E-state index >= 15 is 0 Å². The Morgan fingerprint density at radius 3 is 2.50 bits per heavy atom. The molecule has 8 heteroatoms. The number of carbonyl (C=O) groups is 1. The lowest BCUT2D eigenvalue weighted by molar-refractivity contribution is 0.0600. The number of aryl methyl sites for hydroxylation is 1. The van der Waals surface area contributed by atoms with E-state index < -0.39 is 5.97 Å². The molecular weight excluding hydrogens is 454 g/mol. The zero-order valence-electron chi connectivity index (χ0n) is 20.5. The summed E-state index contributed by atoms with van der Waals surface area (Å²) in [6.07, 6.45) is 0. The van der Waals surface area contributed by atoms with Gasteiger partial charge in [0.05, 0.1) is 31.5 Å². The summed E-state index contributed by atoms with van der Waals surface area (Å²) in [6, 6.07) is 25.6. The Balaban J connectivity index is 1.49. The molecule has 0 N–H and O–H groups in total. The quantitative estimate of drug-likeness (QED) is 0.392. The molecule has 1 aromatic heterocycles. The number of carbonyl (C=O) groups excluding carboxylic acids is 1. The Morgan fingerprint density at radius 1 is 1.03 bits per heavy atom. The molecule has 1 aliphatic rings. The Morgan fingerprint density at radius 2 is 1.78 bits per heavy atom. The van der Waals surface area contributed by atoms with Crippen LogP contribution in [0.4, 0.5) is 5.95 Å². The van der Waals surface area contributed by atoms with Crippen molar-refractivity contribution in [3.05, 3.63) is 117 Å². The second kappa shape index (κ2) is 9.65. The molecule has 4 aromatic rings. The van der Waals surface area contributed by atoms with Crippen molar-refractivity contribution in [2.75, 3.05) is 18.7 Å². The van der Waals surface area contributed by atoms with Gasteiger partial charge in [-0.05, 0) is 35.7 Å². The number of hydrogen-bond donors (Lipinski definition) is 0. The van der Waals surface area contributed by atoms with E-state index in [1.165, 1.54) is 21.9 Å². The lowest BCUT2D eigenvalue weighted by atomic mass is 9.90. The third kappa shape index (κ3) is 4.45. The first-order valence-corrected chi connectivity index (χ1v) is 11.7. The first kappa shape index (κ1) is 23.3. The second-order valence-corrected chi connectivity index (χ2v) is 8.89. The Hall–Kier alpha value is -4.46. The number of ether oxygens (including phenoxy) is 1. The molecule has 0 amide bonds. The summed E-state index contributed by atoms with van der Waals surface area (Å²) in [5.41, 5.74) is 5.26. The number of hydrazone groups is 1. The van der Waals surface area contributed by atoms with Crippen molar-refractivity contribution in [1.29, 1.82) is 0 Å². The van der Waals surface area contributed by atoms with Gasteiger partial charge in [-0.25, -0.2) is 19.3 Å². The van der Waals surface area contributed by atoms with Gasteiger partial charge in [-0.3, -0.25) is 4.57 Å². The molecule has 1 atom stereocenters. The van der Waals surface area contributed by atoms with E-state index in [4.69, 9.17) is 9.84 Å². The first-order chi connectivity index (χ1) is 17.4. The highest BCUT2D eigenvalue weighted by Crippen LogP contribution is 2.31. The van der Waals surface area contributed by atoms with E-state index in [-0.39, 0.29) is 18.2 Å². The number of rotatable bonds is 6. The predicted octanol–water partition coefficient (Wildman–Crippen LogP) is 3.73. The van der Waals surface area contributed by atoms with Crippen LogP contribution in [0.5, 0.6) is 0 Å². The predicted molar refractivity (Wildman–Crippen MR) is 139 cm³/mol. The third-order valence-corrected chi connectivity index (χ3v) is 6.39. The van der Waals surface area contributed by atoms with Crippen LogP contribution in [0.25, 0.3) is 0 Å². The molecule has 36 heavy (non-hydrogen) atoms. The minimum Gasteiger partial charge on any atom is -0.465 e. The Bertz CT molecular complexity index is 1490. The van der Waals surface area contributed by atoms with Crippen molar-refractivity contribution in [1.82, 2.24) is 14.3 Å². The standard InChI is InChI=1S/C28H27N5O3/c1-19-12-14-22(15-13-19)25-24(21-9-5-4-6-10-21)18-32(29-25)27-30-33(28(35)31(27)2)17-20-8-7-11-23(16-20)26(34)36-3/h4-16,24H,17-18H2,1-3H3. The van der Waals surface area contributed by atoms with E-state index in [0.717, 1.165) is 22.4 Å². The van der Waals surface area contributed by atoms with Gasteiger partial charge in [-0.2, -0.15) is 5.10 Å². The molecule has 0 saturated carbocycles. The molecule has 8 nitrogen and oxygen atoms in total. The van der Waals surface area contributed by atoms with Crippen molar-refractivity contribution in [3.63, 3.8) is 0 Å². The van der Waals surface area contributed by atoms with E-state index in [9.17, 15) is 9.59 Å². The average molecular weight is 482 g/mol. The van der Waals surface area contributed by atoms with Gasteiger partial charge in [0.25, 0.3) is 0 Å². The fourth-order valence-electron chi connectivity index (χ4n) is 4.45. The van der Waals surface area contributed by atoms with Crippen LogP contribution >= 0.6 is 0 Å². The van der Waals surface area contributed by atoms with Crippen molar-refractivity contribution < 1.29 is 9.53 Å². The molecule has 0 bridgehead atoms. The topological polar surface area (TPSA) is 81.7 Å². The number of aromatic nitrogens is 3. The van der Waals surface area contributed by atoms with E-state index in [1.807, 2.05) is 24.3 Å². The second-order valence-electron chi connectivity index (χ2n) is 8.89. The third-order valence-electron chi connectivity index (χ3n) is 6.39. The van der Waals surface area contributed by atoms with Crippen LogP contribution in [0, 0.1) is 6.92 Å². The molecule has 3 aromatic carbocycles. The maximum atomic E-state index is 13.1. The number of methoxy groups -OCH3 is 1. The van der Waals surface area contributed by atoms with Gasteiger partial charge in [0.1, 0.15) is 0 Å². The van der Waals surface area contributed by atoms with Gasteiger partial charge in [-0.15, -0.1) is 5.10 Å². The van der Waals surface area contributed by atoms with Crippen molar-refractivity contribution >= 4 is 17.6 Å². The van der Waals surface area contributed by atoms with E-state index in [2.05, 4.69) is 48.4 Å². The van der Waals surface area contributed by atoms with Crippen LogP contribution in [0.3, 0.4) is 0 Å². The molecule has 0 fully saturated rings. The summed E-state index contributed by atoms with van der Waals surface area (Å²) < 4.78 is 7.71. The molecule has 0 spiro atoms. The zero-order valence-corrected chi connectivity index (χ0v) is 20.5. The Labute approximate surface area is 209 Å². The van der Waals surface area contributed by atoms with Crippen LogP contribution in [0.2, 0.25) is 0 Å². The maximum absolute atomic E-state index is 13.1. The van der Waals surface area contributed by atoms with E-state index in [0.29, 0.717) is 18.1 Å². The highest BCUT2D eigenvalue weighted by Gasteiger charge is 2.32. The summed E-state index contributed by atoms with van der Waals surface area (Å²) in [7, 11) is 3.04. The van der Waals surface area contributed by atoms with Gasteiger partial charge in [0.15, 0.2) is 0 Å². The lowest BCUT2D eigenvalue weighted by Crippen LogP contribution is -2.25. The first-order valence-electron chi connectivity index (χ1n) is 11.7. The lowest BCUT2D eigenvalue weighted by Gasteiger charge is -2.15. The van der Waals surface area contributed by atoms with E-state index in [1.54, 1.807) is 30.3 Å². The van der Waals surface area contributed by atoms with Crippen molar-refractivity contribution in [2.24, 2.45) is 12.1 Å². The van der Waals surface area contributed by atoms with Gasteiger partial charge in [0, 0.05) is 13.0 Å². The zero-order chi connectivity index (χ0) is 25.2. The molecule has 1 unspecified atom stereocenters. The number of benzene rings is 3. The molecule has 0 aliphatic carbocycles. The largest absolute Gasteiger partial charge is 0.465 e. The fraction of sp³-hybridized carbons (Fsp3) is 0.214. The maximum Gasteiger partial charge on any atom is 0.347 e. The van der Waals surface area contributed by atoms with Gasteiger partial charge >= 0.3 is 11.7 Å². The smallest absolute Gasteiger partial charge is 0.347 e. The van der Waals surface area contributed by atoms with Crippen LogP contribution in [0.15, 0.2) is 88.8 Å². The highest BCUT2D eigenvalue weighted by molar-refractivity contribution is 6.07. The summed E-state index contributed by atoms with van der Waals surface area (Å²) >= 11 is 0. The summed E-state index contributed by atoms with van der Waals surface area (Å²) in [4.78, 5) is 25.0. The number of nitrogens with zero attached hydrogens (tertiary/aromatic N) is 5. The molecule has 182 valence electrons. The van der Waals surface area contributed by atoms with Crippen LogP contribution < -0.4 is 10.7 Å². The summed E-state index contributed by atoms with van der Waals surface area (Å²) in [6.45, 7) is 2.85. The SMILES string of the molecule is COC(=O)c1cccc(Cn2nc(N3CC(c4ccccc4)C(c4ccc(C)cc4)=N3)n(C)c2=O)c1. The van der Waals surface area contributed by atoms with Crippen LogP contribution in [-0.4, -0.2) is 39.7 Å². The summed E-state index contributed by atoms with van der Waals surface area (Å²) in [5.74, 6) is 0.0750. The molecular formula is C28H27N5O3. The van der Waals surface area contributed by atoms with Gasteiger partial charge in [0.2, 0.25) is 5.95 Å². The van der Waals surface area contributed by atoms with Crippen molar-refractivity contribution in [3.8, 4) is 0 Å². The summed E-state index contributed by atoms with van der Waals surface area (Å²) in [5, 5.41) is 11.4. The van der Waals surface area contributed by atoms with Crippen LogP contribution in [-0.2, 0) is 18.3 Å². The van der Waals surface area contributed by atoms with Gasteiger partial charge in [-0.1, -0.05) is 72.3 Å². The molecule has 5 rings (SSSR count). The normalized spacial score (nSPS) is 15.1. The van der Waals surface area contributed by atoms with Crippen molar-refractivity contribution in [2.45, 2.75) is 19.4 Å². The molecule has 0 radical (unpaired) electrons. The molecule has 0 saturated heterocycles. The molecule has 1 aliphatic heterocycles. The Kier molecular flexibility index (Phi) is 6.25.